The van der Waals surface area contributed by atoms with Crippen LogP contribution in [-0.2, 0) is 0 Å². The number of halogens is 1. The van der Waals surface area contributed by atoms with Gasteiger partial charge in [-0.3, -0.25) is 4.79 Å². The van der Waals surface area contributed by atoms with E-state index in [0.717, 1.165) is 15.8 Å². The number of amides is 1. The molecule has 1 heterocycles. The van der Waals surface area contributed by atoms with Crippen LogP contribution in [0, 0.1) is 0 Å². The molecule has 20 heavy (non-hydrogen) atoms. The Bertz CT molecular complexity index is 605. The van der Waals surface area contributed by atoms with Gasteiger partial charge in [-0.15, -0.1) is 0 Å². The Balaban J connectivity index is 1.91. The zero-order chi connectivity index (χ0) is 14.4. The van der Waals surface area contributed by atoms with E-state index in [0.29, 0.717) is 12.3 Å². The Morgan fingerprint density at radius 1 is 1.45 bits per heavy atom. The number of nitrogens with zero attached hydrogens (tertiary/aromatic N) is 1. The molecule has 2 aromatic rings. The zero-order valence-electron chi connectivity index (χ0n) is 10.9. The van der Waals surface area contributed by atoms with Crippen molar-refractivity contribution in [3.63, 3.8) is 0 Å². The second-order valence-corrected chi connectivity index (χ2v) is 4.85. The van der Waals surface area contributed by atoms with Crippen LogP contribution in [0.5, 0.6) is 5.75 Å². The number of carbonyl (C=O) groups excluding carboxylic acids is 1. The van der Waals surface area contributed by atoms with Gasteiger partial charge >= 0.3 is 0 Å². The van der Waals surface area contributed by atoms with Gasteiger partial charge in [0.25, 0.3) is 5.91 Å². The maximum absolute atomic E-state index is 11.7. The molecular formula is C14H14BrN3O2. The van der Waals surface area contributed by atoms with Crippen LogP contribution in [0.25, 0.3) is 0 Å². The highest BCUT2D eigenvalue weighted by Gasteiger charge is 2.05. The molecule has 0 aliphatic rings. The lowest BCUT2D eigenvalue weighted by Gasteiger charge is -2.02. The molecule has 0 saturated heterocycles. The SMILES string of the molecule is CCOc1ccc(/C=N\NC(=O)c2cc(Br)c[nH]2)cc1. The summed E-state index contributed by atoms with van der Waals surface area (Å²) in [7, 11) is 0. The van der Waals surface area contributed by atoms with E-state index < -0.39 is 0 Å². The molecule has 0 unspecified atom stereocenters. The predicted molar refractivity (Wildman–Crippen MR) is 81.2 cm³/mol. The molecule has 0 fully saturated rings. The van der Waals surface area contributed by atoms with Gasteiger partial charge in [0.2, 0.25) is 0 Å². The molecule has 0 aliphatic carbocycles. The maximum Gasteiger partial charge on any atom is 0.287 e. The molecule has 1 aromatic heterocycles. The van der Waals surface area contributed by atoms with Crippen molar-refractivity contribution in [2.45, 2.75) is 6.92 Å². The highest BCUT2D eigenvalue weighted by molar-refractivity contribution is 9.10. The largest absolute Gasteiger partial charge is 0.494 e. The van der Waals surface area contributed by atoms with Crippen molar-refractivity contribution in [3.8, 4) is 5.75 Å². The summed E-state index contributed by atoms with van der Waals surface area (Å²) < 4.78 is 6.16. The van der Waals surface area contributed by atoms with E-state index in [1.807, 2.05) is 31.2 Å². The number of ether oxygens (including phenoxy) is 1. The van der Waals surface area contributed by atoms with Gasteiger partial charge in [0.1, 0.15) is 11.4 Å². The summed E-state index contributed by atoms with van der Waals surface area (Å²) in [5.74, 6) is 0.516. The molecular weight excluding hydrogens is 322 g/mol. The van der Waals surface area contributed by atoms with Crippen molar-refractivity contribution in [1.82, 2.24) is 10.4 Å². The first-order valence-electron chi connectivity index (χ1n) is 6.09. The molecule has 0 saturated carbocycles. The first-order valence-corrected chi connectivity index (χ1v) is 6.88. The van der Waals surface area contributed by atoms with E-state index in [9.17, 15) is 4.79 Å². The first-order chi connectivity index (χ1) is 9.69. The molecule has 6 heteroatoms. The Hall–Kier alpha value is -2.08. The summed E-state index contributed by atoms with van der Waals surface area (Å²) in [6, 6.07) is 9.13. The van der Waals surface area contributed by atoms with Crippen LogP contribution < -0.4 is 10.2 Å². The second kappa shape index (κ2) is 6.91. The third-order valence-corrected chi connectivity index (χ3v) is 2.92. The lowest BCUT2D eigenvalue weighted by atomic mass is 10.2. The molecule has 2 rings (SSSR count). The number of rotatable bonds is 5. The molecule has 0 bridgehead atoms. The molecule has 0 aliphatic heterocycles. The standard InChI is InChI=1S/C14H14BrN3O2/c1-2-20-12-5-3-10(4-6-12)8-17-18-14(19)13-7-11(15)9-16-13/h3-9,16H,2H2,1H3,(H,18,19)/b17-8-. The lowest BCUT2D eigenvalue weighted by molar-refractivity contribution is 0.0951. The average Bonchev–Trinajstić information content (AvgIpc) is 2.88. The summed E-state index contributed by atoms with van der Waals surface area (Å²) >= 11 is 3.26. The number of carbonyl (C=O) groups is 1. The van der Waals surface area contributed by atoms with E-state index in [2.05, 4.69) is 31.4 Å². The highest BCUT2D eigenvalue weighted by Crippen LogP contribution is 2.11. The van der Waals surface area contributed by atoms with Crippen molar-refractivity contribution >= 4 is 28.1 Å². The van der Waals surface area contributed by atoms with Crippen LogP contribution in [0.15, 0.2) is 46.1 Å². The average molecular weight is 336 g/mol. The number of hydrogen-bond donors (Lipinski definition) is 2. The van der Waals surface area contributed by atoms with Gasteiger partial charge in [0.05, 0.1) is 12.8 Å². The number of H-pyrrole nitrogens is 1. The van der Waals surface area contributed by atoms with Crippen LogP contribution in [0.3, 0.4) is 0 Å². The Morgan fingerprint density at radius 2 is 2.20 bits per heavy atom. The quantitative estimate of drug-likeness (QED) is 0.651. The van der Waals surface area contributed by atoms with Gasteiger partial charge in [0, 0.05) is 10.7 Å². The fourth-order valence-electron chi connectivity index (χ4n) is 1.54. The molecule has 1 aromatic carbocycles. The summed E-state index contributed by atoms with van der Waals surface area (Å²) in [5.41, 5.74) is 3.77. The van der Waals surface area contributed by atoms with Crippen LogP contribution in [0.1, 0.15) is 23.0 Å². The third-order valence-electron chi connectivity index (χ3n) is 2.46. The van der Waals surface area contributed by atoms with Crippen LogP contribution >= 0.6 is 15.9 Å². The molecule has 0 radical (unpaired) electrons. The predicted octanol–water partition coefficient (Wildman–Crippen LogP) is 2.94. The van der Waals surface area contributed by atoms with Crippen molar-refractivity contribution in [1.29, 1.82) is 0 Å². The first kappa shape index (κ1) is 14.3. The fraction of sp³-hybridized carbons (Fsp3) is 0.143. The van der Waals surface area contributed by atoms with E-state index in [1.54, 1.807) is 18.5 Å². The van der Waals surface area contributed by atoms with E-state index in [1.165, 1.54) is 0 Å². The van der Waals surface area contributed by atoms with E-state index in [4.69, 9.17) is 4.74 Å². The minimum Gasteiger partial charge on any atom is -0.494 e. The van der Waals surface area contributed by atoms with Crippen molar-refractivity contribution in [3.05, 3.63) is 52.3 Å². The number of hydrogen-bond acceptors (Lipinski definition) is 3. The highest BCUT2D eigenvalue weighted by atomic mass is 79.9. The summed E-state index contributed by atoms with van der Waals surface area (Å²) in [6.45, 7) is 2.57. The topological polar surface area (TPSA) is 66.5 Å². The summed E-state index contributed by atoms with van der Waals surface area (Å²) in [5, 5.41) is 3.90. The van der Waals surface area contributed by atoms with E-state index >= 15 is 0 Å². The Morgan fingerprint density at radius 3 is 2.80 bits per heavy atom. The van der Waals surface area contributed by atoms with E-state index in [-0.39, 0.29) is 5.91 Å². The number of aromatic nitrogens is 1. The van der Waals surface area contributed by atoms with Crippen molar-refractivity contribution in [2.24, 2.45) is 5.10 Å². The Labute approximate surface area is 125 Å². The number of nitrogens with one attached hydrogen (secondary N) is 2. The van der Waals surface area contributed by atoms with Crippen LogP contribution in [-0.4, -0.2) is 23.7 Å². The molecule has 104 valence electrons. The third kappa shape index (κ3) is 3.96. The summed E-state index contributed by atoms with van der Waals surface area (Å²) in [6.07, 6.45) is 3.26. The lowest BCUT2D eigenvalue weighted by Crippen LogP contribution is -2.17. The number of aromatic amines is 1. The van der Waals surface area contributed by atoms with Gasteiger partial charge in [-0.1, -0.05) is 0 Å². The minimum absolute atomic E-state index is 0.294. The van der Waals surface area contributed by atoms with Gasteiger partial charge in [-0.05, 0) is 58.7 Å². The zero-order valence-corrected chi connectivity index (χ0v) is 12.5. The maximum atomic E-state index is 11.7. The van der Waals surface area contributed by atoms with Crippen LogP contribution in [0.4, 0.5) is 0 Å². The van der Waals surface area contributed by atoms with Crippen LogP contribution in [0.2, 0.25) is 0 Å². The minimum atomic E-state index is -0.294. The molecule has 0 spiro atoms. The smallest absolute Gasteiger partial charge is 0.287 e. The molecule has 5 nitrogen and oxygen atoms in total. The monoisotopic (exact) mass is 335 g/mol. The van der Waals surface area contributed by atoms with Gasteiger partial charge in [0.15, 0.2) is 0 Å². The number of benzene rings is 1. The van der Waals surface area contributed by atoms with Gasteiger partial charge in [-0.2, -0.15) is 5.10 Å². The summed E-state index contributed by atoms with van der Waals surface area (Å²) in [4.78, 5) is 14.5. The molecule has 0 atom stereocenters. The number of hydrazone groups is 1. The second-order valence-electron chi connectivity index (χ2n) is 3.93. The van der Waals surface area contributed by atoms with Crippen molar-refractivity contribution < 1.29 is 9.53 Å². The van der Waals surface area contributed by atoms with Crippen molar-refractivity contribution in [2.75, 3.05) is 6.61 Å². The fourth-order valence-corrected chi connectivity index (χ4v) is 1.88. The van der Waals surface area contributed by atoms with Gasteiger partial charge in [-0.25, -0.2) is 5.43 Å². The van der Waals surface area contributed by atoms with Gasteiger partial charge < -0.3 is 9.72 Å². The molecule has 2 N–H and O–H groups in total. The molecule has 1 amide bonds. The normalized spacial score (nSPS) is 10.7. The Kier molecular flexibility index (Phi) is 4.95.